The molecule has 1 heterocycles. The van der Waals surface area contributed by atoms with E-state index in [2.05, 4.69) is 10.9 Å². The molecule has 0 saturated carbocycles. The van der Waals surface area contributed by atoms with Crippen molar-refractivity contribution in [1.29, 1.82) is 0 Å². The van der Waals surface area contributed by atoms with Gasteiger partial charge in [0.1, 0.15) is 11.6 Å². The number of ether oxygens (including phenoxy) is 3. The third-order valence-corrected chi connectivity index (χ3v) is 4.19. The Bertz CT molecular complexity index is 1050. The van der Waals surface area contributed by atoms with E-state index in [1.54, 1.807) is 12.1 Å². The summed E-state index contributed by atoms with van der Waals surface area (Å²) in [6.45, 7) is 0. The highest BCUT2D eigenvalue weighted by atomic mass is 19.1. The van der Waals surface area contributed by atoms with Crippen molar-refractivity contribution in [2.24, 2.45) is 0 Å². The largest absolute Gasteiger partial charge is 0.493 e. The second-order valence-corrected chi connectivity index (χ2v) is 5.97. The molecule has 0 spiro atoms. The van der Waals surface area contributed by atoms with Crippen LogP contribution in [0.25, 0.3) is 11.3 Å². The maximum absolute atomic E-state index is 13.9. The topological polar surface area (TPSA) is 99.0 Å². The van der Waals surface area contributed by atoms with E-state index >= 15 is 0 Å². The van der Waals surface area contributed by atoms with Gasteiger partial charge in [-0.2, -0.15) is 0 Å². The average Bonchev–Trinajstić information content (AvgIpc) is 3.26. The van der Waals surface area contributed by atoms with Crippen LogP contribution < -0.4 is 25.1 Å². The molecule has 1 aromatic heterocycles. The number of nitrogens with one attached hydrogen (secondary N) is 2. The summed E-state index contributed by atoms with van der Waals surface area (Å²) in [5, 5.41) is 0. The van der Waals surface area contributed by atoms with Gasteiger partial charge in [0, 0.05) is 5.56 Å². The minimum Gasteiger partial charge on any atom is -0.493 e. The molecule has 2 N–H and O–H groups in total. The highest BCUT2D eigenvalue weighted by molar-refractivity contribution is 5.99. The van der Waals surface area contributed by atoms with Crippen molar-refractivity contribution in [2.75, 3.05) is 21.3 Å². The van der Waals surface area contributed by atoms with E-state index in [1.165, 1.54) is 57.7 Å². The van der Waals surface area contributed by atoms with Crippen molar-refractivity contribution < 1.29 is 32.6 Å². The first-order valence-electron chi connectivity index (χ1n) is 8.74. The van der Waals surface area contributed by atoms with Crippen LogP contribution in [0.1, 0.15) is 20.9 Å². The van der Waals surface area contributed by atoms with Crippen molar-refractivity contribution in [2.45, 2.75) is 0 Å². The molecule has 0 atom stereocenters. The number of carbonyl (C=O) groups is 2. The van der Waals surface area contributed by atoms with Crippen LogP contribution in [-0.4, -0.2) is 33.1 Å². The molecule has 0 unspecified atom stereocenters. The molecule has 0 aliphatic rings. The molecule has 0 saturated heterocycles. The summed E-state index contributed by atoms with van der Waals surface area (Å²) in [4.78, 5) is 24.7. The lowest BCUT2D eigenvalue weighted by atomic mass is 10.1. The first-order valence-corrected chi connectivity index (χ1v) is 8.74. The summed E-state index contributed by atoms with van der Waals surface area (Å²) >= 11 is 0. The predicted molar refractivity (Wildman–Crippen MR) is 105 cm³/mol. The lowest BCUT2D eigenvalue weighted by molar-refractivity contribution is 0.0831. The Labute approximate surface area is 171 Å². The van der Waals surface area contributed by atoms with Crippen LogP contribution in [0.4, 0.5) is 4.39 Å². The van der Waals surface area contributed by atoms with Crippen molar-refractivity contribution in [3.8, 4) is 28.6 Å². The standard InChI is InChI=1S/C21H19FN2O6/c1-27-17-10-12(11-18(28-2)19(17)29-3)20(25)23-24-21(26)16-9-8-15(30-16)13-6-4-5-7-14(13)22/h4-11H,1-3H3,(H,23,25)(H,24,26). The molecular weight excluding hydrogens is 395 g/mol. The molecular formula is C21H19FN2O6. The molecule has 8 nitrogen and oxygen atoms in total. The Kier molecular flexibility index (Phi) is 6.21. The smallest absolute Gasteiger partial charge is 0.305 e. The molecule has 0 radical (unpaired) electrons. The minimum absolute atomic E-state index is 0.0987. The predicted octanol–water partition coefficient (Wildman–Crippen LogP) is 3.19. The molecule has 2 aromatic carbocycles. The van der Waals surface area contributed by atoms with E-state index in [0.717, 1.165) is 0 Å². The number of benzene rings is 2. The molecule has 3 rings (SSSR count). The first kappa shape index (κ1) is 20.7. The minimum atomic E-state index is -0.710. The quantitative estimate of drug-likeness (QED) is 0.601. The zero-order valence-corrected chi connectivity index (χ0v) is 16.4. The van der Waals surface area contributed by atoms with Gasteiger partial charge in [-0.15, -0.1) is 0 Å². The van der Waals surface area contributed by atoms with Crippen LogP contribution in [0.3, 0.4) is 0 Å². The van der Waals surface area contributed by atoms with Crippen LogP contribution in [0.2, 0.25) is 0 Å². The first-order chi connectivity index (χ1) is 14.5. The van der Waals surface area contributed by atoms with Gasteiger partial charge in [-0.3, -0.25) is 20.4 Å². The lowest BCUT2D eigenvalue weighted by Crippen LogP contribution is -2.41. The summed E-state index contributed by atoms with van der Waals surface area (Å²) in [5.74, 6) is -0.816. The third kappa shape index (κ3) is 4.19. The molecule has 2 amide bonds. The Balaban J connectivity index is 1.71. The molecule has 0 aliphatic heterocycles. The highest BCUT2D eigenvalue weighted by Crippen LogP contribution is 2.38. The lowest BCUT2D eigenvalue weighted by Gasteiger charge is -2.14. The number of halogens is 1. The zero-order valence-electron chi connectivity index (χ0n) is 16.4. The Morgan fingerprint density at radius 3 is 2.10 bits per heavy atom. The number of hydrazine groups is 1. The van der Waals surface area contributed by atoms with Gasteiger partial charge in [-0.1, -0.05) is 12.1 Å². The SMILES string of the molecule is COc1cc(C(=O)NNC(=O)c2ccc(-c3ccccc3F)o2)cc(OC)c1OC. The summed E-state index contributed by atoms with van der Waals surface area (Å²) in [6, 6.07) is 11.7. The molecule has 0 aliphatic carbocycles. The average molecular weight is 414 g/mol. The number of hydrogen-bond donors (Lipinski definition) is 2. The molecule has 0 bridgehead atoms. The fourth-order valence-electron chi connectivity index (χ4n) is 2.73. The number of methoxy groups -OCH3 is 3. The second kappa shape index (κ2) is 8.99. The van der Waals surface area contributed by atoms with Crippen molar-refractivity contribution in [3.63, 3.8) is 0 Å². The van der Waals surface area contributed by atoms with Gasteiger partial charge in [0.2, 0.25) is 5.75 Å². The summed E-state index contributed by atoms with van der Waals surface area (Å²) in [7, 11) is 4.29. The van der Waals surface area contributed by atoms with Crippen LogP contribution in [-0.2, 0) is 0 Å². The van der Waals surface area contributed by atoms with Crippen LogP contribution in [0.15, 0.2) is 52.9 Å². The van der Waals surface area contributed by atoms with Crippen LogP contribution in [0, 0.1) is 5.82 Å². The van der Waals surface area contributed by atoms with Gasteiger partial charge >= 0.3 is 5.91 Å². The van der Waals surface area contributed by atoms with E-state index in [1.807, 2.05) is 0 Å². The van der Waals surface area contributed by atoms with E-state index in [-0.39, 0.29) is 34.1 Å². The Hall–Kier alpha value is -4.01. The van der Waals surface area contributed by atoms with Gasteiger partial charge in [0.05, 0.1) is 26.9 Å². The summed E-state index contributed by atoms with van der Waals surface area (Å²) in [5.41, 5.74) is 4.90. The van der Waals surface area contributed by atoms with E-state index in [0.29, 0.717) is 5.75 Å². The maximum atomic E-state index is 13.9. The fourth-order valence-corrected chi connectivity index (χ4v) is 2.73. The highest BCUT2D eigenvalue weighted by Gasteiger charge is 2.19. The van der Waals surface area contributed by atoms with Crippen molar-refractivity contribution in [1.82, 2.24) is 10.9 Å². The molecule has 156 valence electrons. The Morgan fingerprint density at radius 2 is 1.50 bits per heavy atom. The number of hydrogen-bond acceptors (Lipinski definition) is 6. The summed E-state index contributed by atoms with van der Waals surface area (Å²) in [6.07, 6.45) is 0. The summed E-state index contributed by atoms with van der Waals surface area (Å²) < 4.78 is 34.9. The molecule has 0 fully saturated rings. The molecule has 3 aromatic rings. The van der Waals surface area contributed by atoms with Gasteiger partial charge in [-0.05, 0) is 36.4 Å². The van der Waals surface area contributed by atoms with E-state index < -0.39 is 17.6 Å². The molecule has 9 heteroatoms. The van der Waals surface area contributed by atoms with Gasteiger partial charge in [-0.25, -0.2) is 4.39 Å². The second-order valence-electron chi connectivity index (χ2n) is 5.97. The zero-order chi connectivity index (χ0) is 21.7. The normalized spacial score (nSPS) is 10.3. The van der Waals surface area contributed by atoms with E-state index in [4.69, 9.17) is 18.6 Å². The third-order valence-electron chi connectivity index (χ3n) is 4.19. The monoisotopic (exact) mass is 414 g/mol. The maximum Gasteiger partial charge on any atom is 0.305 e. The van der Waals surface area contributed by atoms with Gasteiger partial charge in [0.25, 0.3) is 5.91 Å². The number of rotatable bonds is 6. The van der Waals surface area contributed by atoms with Crippen LogP contribution >= 0.6 is 0 Å². The van der Waals surface area contributed by atoms with Crippen molar-refractivity contribution >= 4 is 11.8 Å². The van der Waals surface area contributed by atoms with E-state index in [9.17, 15) is 14.0 Å². The Morgan fingerprint density at radius 1 is 0.867 bits per heavy atom. The number of furan rings is 1. The van der Waals surface area contributed by atoms with Gasteiger partial charge in [0.15, 0.2) is 17.3 Å². The number of amides is 2. The fraction of sp³-hybridized carbons (Fsp3) is 0.143. The molecule has 30 heavy (non-hydrogen) atoms. The van der Waals surface area contributed by atoms with Crippen molar-refractivity contribution in [3.05, 3.63) is 65.7 Å². The van der Waals surface area contributed by atoms with Gasteiger partial charge < -0.3 is 18.6 Å². The number of carbonyl (C=O) groups excluding carboxylic acids is 2. The van der Waals surface area contributed by atoms with Crippen LogP contribution in [0.5, 0.6) is 17.2 Å².